The highest BCUT2D eigenvalue weighted by Gasteiger charge is 2.28. The van der Waals surface area contributed by atoms with E-state index < -0.39 is 0 Å². The molecule has 1 heterocycles. The van der Waals surface area contributed by atoms with Crippen LogP contribution in [0.15, 0.2) is 24.4 Å². The molecule has 2 atom stereocenters. The standard InChI is InChI=1S/C13H19N3O/c1-16(12-7-2-3-8-15-12)13(17)10-5-4-6-11(14)9-10/h2-3,7-8,10-11H,4-6,9,14H2,1H3. The highest BCUT2D eigenvalue weighted by Crippen LogP contribution is 2.25. The fourth-order valence-corrected chi connectivity index (χ4v) is 2.39. The number of aromatic nitrogens is 1. The van der Waals surface area contributed by atoms with E-state index in [-0.39, 0.29) is 17.9 Å². The summed E-state index contributed by atoms with van der Waals surface area (Å²) in [6, 6.07) is 5.76. The van der Waals surface area contributed by atoms with Crippen LogP contribution in [-0.4, -0.2) is 24.0 Å². The number of rotatable bonds is 2. The Kier molecular flexibility index (Phi) is 3.74. The van der Waals surface area contributed by atoms with Crippen molar-refractivity contribution in [2.75, 3.05) is 11.9 Å². The topological polar surface area (TPSA) is 59.2 Å². The first-order chi connectivity index (χ1) is 8.18. The Hall–Kier alpha value is -1.42. The third-order valence-corrected chi connectivity index (χ3v) is 3.39. The number of pyridine rings is 1. The van der Waals surface area contributed by atoms with Crippen LogP contribution < -0.4 is 10.6 Å². The lowest BCUT2D eigenvalue weighted by Crippen LogP contribution is -2.39. The van der Waals surface area contributed by atoms with Crippen molar-refractivity contribution in [1.82, 2.24) is 4.98 Å². The van der Waals surface area contributed by atoms with Gasteiger partial charge in [-0.05, 0) is 31.4 Å². The maximum Gasteiger partial charge on any atom is 0.231 e. The van der Waals surface area contributed by atoms with Gasteiger partial charge in [-0.2, -0.15) is 0 Å². The zero-order valence-corrected chi connectivity index (χ0v) is 10.2. The second-order valence-corrected chi connectivity index (χ2v) is 4.71. The molecule has 92 valence electrons. The number of amides is 1. The molecule has 0 aliphatic heterocycles. The molecule has 0 bridgehead atoms. The quantitative estimate of drug-likeness (QED) is 0.843. The fourth-order valence-electron chi connectivity index (χ4n) is 2.39. The van der Waals surface area contributed by atoms with E-state index in [2.05, 4.69) is 4.98 Å². The molecule has 0 spiro atoms. The molecule has 1 amide bonds. The summed E-state index contributed by atoms with van der Waals surface area (Å²) in [5.74, 6) is 0.904. The minimum Gasteiger partial charge on any atom is -0.328 e. The molecule has 1 saturated carbocycles. The highest BCUT2D eigenvalue weighted by molar-refractivity contribution is 5.93. The van der Waals surface area contributed by atoms with Gasteiger partial charge in [-0.15, -0.1) is 0 Å². The van der Waals surface area contributed by atoms with Crippen LogP contribution in [0.2, 0.25) is 0 Å². The van der Waals surface area contributed by atoms with E-state index in [4.69, 9.17) is 5.73 Å². The van der Waals surface area contributed by atoms with Gasteiger partial charge in [0.05, 0.1) is 0 Å². The fraction of sp³-hybridized carbons (Fsp3) is 0.538. The van der Waals surface area contributed by atoms with Gasteiger partial charge in [-0.3, -0.25) is 9.69 Å². The average Bonchev–Trinajstić information content (AvgIpc) is 2.38. The van der Waals surface area contributed by atoms with Gasteiger partial charge in [0, 0.05) is 25.2 Å². The van der Waals surface area contributed by atoms with Gasteiger partial charge < -0.3 is 5.73 Å². The lowest BCUT2D eigenvalue weighted by atomic mass is 9.85. The van der Waals surface area contributed by atoms with Crippen LogP contribution in [0.1, 0.15) is 25.7 Å². The van der Waals surface area contributed by atoms with Crippen LogP contribution >= 0.6 is 0 Å². The van der Waals surface area contributed by atoms with E-state index in [9.17, 15) is 4.79 Å². The van der Waals surface area contributed by atoms with E-state index in [1.807, 2.05) is 18.2 Å². The van der Waals surface area contributed by atoms with Crippen LogP contribution in [0.5, 0.6) is 0 Å². The molecule has 1 aliphatic rings. The van der Waals surface area contributed by atoms with Crippen LogP contribution in [0.4, 0.5) is 5.82 Å². The molecule has 4 nitrogen and oxygen atoms in total. The van der Waals surface area contributed by atoms with Gasteiger partial charge >= 0.3 is 0 Å². The number of anilines is 1. The zero-order valence-electron chi connectivity index (χ0n) is 10.2. The Bertz CT molecular complexity index is 380. The SMILES string of the molecule is CN(C(=O)C1CCCC(N)C1)c1ccccn1. The number of hydrogen-bond donors (Lipinski definition) is 1. The summed E-state index contributed by atoms with van der Waals surface area (Å²) in [5.41, 5.74) is 5.92. The third-order valence-electron chi connectivity index (χ3n) is 3.39. The van der Waals surface area contributed by atoms with E-state index in [0.717, 1.165) is 25.7 Å². The van der Waals surface area contributed by atoms with Gasteiger partial charge in [-0.1, -0.05) is 12.5 Å². The number of hydrogen-bond acceptors (Lipinski definition) is 3. The first kappa shape index (κ1) is 12.0. The first-order valence-electron chi connectivity index (χ1n) is 6.12. The Balaban J connectivity index is 2.04. The Morgan fingerprint density at radius 3 is 2.94 bits per heavy atom. The zero-order chi connectivity index (χ0) is 12.3. The van der Waals surface area contributed by atoms with E-state index >= 15 is 0 Å². The molecular formula is C13H19N3O. The van der Waals surface area contributed by atoms with Crippen LogP contribution in [0.25, 0.3) is 0 Å². The number of carbonyl (C=O) groups is 1. The van der Waals surface area contributed by atoms with Crippen molar-refractivity contribution in [3.05, 3.63) is 24.4 Å². The molecule has 1 aliphatic carbocycles. The molecule has 1 aromatic rings. The summed E-state index contributed by atoms with van der Waals surface area (Å²) < 4.78 is 0. The molecule has 0 saturated heterocycles. The van der Waals surface area contributed by atoms with Crippen LogP contribution in [-0.2, 0) is 4.79 Å². The average molecular weight is 233 g/mol. The maximum atomic E-state index is 12.3. The van der Waals surface area contributed by atoms with Crippen molar-refractivity contribution in [2.24, 2.45) is 11.7 Å². The lowest BCUT2D eigenvalue weighted by Gasteiger charge is -2.28. The molecule has 0 aromatic carbocycles. The van der Waals surface area contributed by atoms with E-state index in [1.165, 1.54) is 0 Å². The van der Waals surface area contributed by atoms with Crippen LogP contribution in [0.3, 0.4) is 0 Å². The molecule has 2 unspecified atom stereocenters. The number of carbonyl (C=O) groups excluding carboxylic acids is 1. The van der Waals surface area contributed by atoms with Gasteiger partial charge in [0.2, 0.25) is 5.91 Å². The lowest BCUT2D eigenvalue weighted by molar-refractivity contribution is -0.123. The first-order valence-corrected chi connectivity index (χ1v) is 6.12. The molecule has 2 rings (SSSR count). The molecule has 2 N–H and O–H groups in total. The summed E-state index contributed by atoms with van der Waals surface area (Å²) in [7, 11) is 1.78. The minimum absolute atomic E-state index is 0.0609. The molecule has 1 aromatic heterocycles. The van der Waals surface area contributed by atoms with Crippen LogP contribution in [0, 0.1) is 5.92 Å². The molecule has 0 radical (unpaired) electrons. The largest absolute Gasteiger partial charge is 0.328 e. The van der Waals surface area contributed by atoms with Gasteiger partial charge in [0.25, 0.3) is 0 Å². The summed E-state index contributed by atoms with van der Waals surface area (Å²) >= 11 is 0. The summed E-state index contributed by atoms with van der Waals surface area (Å²) in [5, 5.41) is 0. The summed E-state index contributed by atoms with van der Waals surface area (Å²) in [4.78, 5) is 18.1. The molecule has 1 fully saturated rings. The molecule has 4 heteroatoms. The second kappa shape index (κ2) is 5.27. The van der Waals surface area contributed by atoms with E-state index in [1.54, 1.807) is 18.1 Å². The Morgan fingerprint density at radius 2 is 2.29 bits per heavy atom. The summed E-state index contributed by atoms with van der Waals surface area (Å²) in [6.07, 6.45) is 5.54. The number of nitrogens with zero attached hydrogens (tertiary/aromatic N) is 2. The van der Waals surface area contributed by atoms with Gasteiger partial charge in [-0.25, -0.2) is 4.98 Å². The maximum absolute atomic E-state index is 12.3. The van der Waals surface area contributed by atoms with Crippen molar-refractivity contribution in [3.63, 3.8) is 0 Å². The minimum atomic E-state index is 0.0609. The third kappa shape index (κ3) is 2.82. The van der Waals surface area contributed by atoms with Crippen molar-refractivity contribution in [3.8, 4) is 0 Å². The highest BCUT2D eigenvalue weighted by atomic mass is 16.2. The predicted octanol–water partition coefficient (Wildman–Crippen LogP) is 1.56. The van der Waals surface area contributed by atoms with Crippen molar-refractivity contribution in [2.45, 2.75) is 31.7 Å². The number of nitrogens with two attached hydrogens (primary N) is 1. The van der Waals surface area contributed by atoms with Gasteiger partial charge in [0.15, 0.2) is 0 Å². The smallest absolute Gasteiger partial charge is 0.231 e. The molecular weight excluding hydrogens is 214 g/mol. The monoisotopic (exact) mass is 233 g/mol. The second-order valence-electron chi connectivity index (χ2n) is 4.71. The summed E-state index contributed by atoms with van der Waals surface area (Å²) in [6.45, 7) is 0. The van der Waals surface area contributed by atoms with Crippen molar-refractivity contribution in [1.29, 1.82) is 0 Å². The predicted molar refractivity (Wildman–Crippen MR) is 67.6 cm³/mol. The van der Waals surface area contributed by atoms with E-state index in [0.29, 0.717) is 5.82 Å². The normalized spacial score (nSPS) is 24.4. The molecule has 17 heavy (non-hydrogen) atoms. The Morgan fingerprint density at radius 1 is 1.47 bits per heavy atom. The Labute approximate surface area is 102 Å². The van der Waals surface area contributed by atoms with Gasteiger partial charge in [0.1, 0.15) is 5.82 Å². The van der Waals surface area contributed by atoms with Crippen molar-refractivity contribution >= 4 is 11.7 Å². The van der Waals surface area contributed by atoms with Crippen molar-refractivity contribution < 1.29 is 4.79 Å².